The third-order valence-corrected chi connectivity index (χ3v) is 4.78. The van der Waals surface area contributed by atoms with Gasteiger partial charge < -0.3 is 10.2 Å². The number of nitrogens with two attached hydrogens (primary N) is 1. The fourth-order valence-corrected chi connectivity index (χ4v) is 3.37. The molecule has 2 heterocycles. The zero-order valence-electron chi connectivity index (χ0n) is 11.5. The van der Waals surface area contributed by atoms with Crippen LogP contribution in [0.25, 0.3) is 11.5 Å². The average molecular weight is 315 g/mol. The summed E-state index contributed by atoms with van der Waals surface area (Å²) in [6, 6.07) is 11.5. The second kappa shape index (κ2) is 5.70. The molecule has 3 rings (SSSR count). The summed E-state index contributed by atoms with van der Waals surface area (Å²) in [6.45, 7) is -0.0609. The minimum atomic E-state index is -3.77. The molecular weight excluding hydrogens is 302 g/mol. The lowest BCUT2D eigenvalue weighted by molar-refractivity contribution is 0.510. The molecule has 1 aromatic carbocycles. The third kappa shape index (κ3) is 2.51. The fraction of sp³-hybridized carbons (Fsp3) is 0.0667. The van der Waals surface area contributed by atoms with Crippen LogP contribution in [0.4, 0.5) is 0 Å². The van der Waals surface area contributed by atoms with Gasteiger partial charge in [0.15, 0.2) is 5.76 Å². The number of hydrogen-bond acceptors (Lipinski definition) is 6. The van der Waals surface area contributed by atoms with Crippen LogP contribution in [0.2, 0.25) is 0 Å². The molecule has 0 saturated carbocycles. The van der Waals surface area contributed by atoms with Gasteiger partial charge in [0.25, 0.3) is 0 Å². The molecule has 0 aliphatic rings. The number of rotatable bonds is 4. The van der Waals surface area contributed by atoms with Gasteiger partial charge in [-0.05, 0) is 24.3 Å². The second-order valence-corrected chi connectivity index (χ2v) is 6.37. The van der Waals surface area contributed by atoms with Gasteiger partial charge in [0.05, 0.1) is 17.0 Å². The maximum atomic E-state index is 12.7. The van der Waals surface area contributed by atoms with E-state index in [0.29, 0.717) is 5.56 Å². The number of hydrogen-bond donors (Lipinski definition) is 1. The second-order valence-electron chi connectivity index (χ2n) is 4.51. The summed E-state index contributed by atoms with van der Waals surface area (Å²) in [7, 11) is -3.77. The van der Waals surface area contributed by atoms with Crippen LogP contribution in [0.1, 0.15) is 5.76 Å². The Hall–Kier alpha value is -2.51. The van der Waals surface area contributed by atoms with Crippen molar-refractivity contribution in [2.24, 2.45) is 5.73 Å². The highest BCUT2D eigenvalue weighted by molar-refractivity contribution is 7.91. The number of pyridine rings is 1. The van der Waals surface area contributed by atoms with Crippen LogP contribution >= 0.6 is 0 Å². The van der Waals surface area contributed by atoms with Gasteiger partial charge in [0.2, 0.25) is 20.8 Å². The summed E-state index contributed by atoms with van der Waals surface area (Å²) in [5, 5.41) is -0.153. The van der Waals surface area contributed by atoms with Crippen molar-refractivity contribution in [2.45, 2.75) is 16.5 Å². The minimum absolute atomic E-state index is 0.0609. The van der Waals surface area contributed by atoms with E-state index in [2.05, 4.69) is 9.97 Å². The van der Waals surface area contributed by atoms with E-state index in [1.807, 2.05) is 0 Å². The van der Waals surface area contributed by atoms with Gasteiger partial charge >= 0.3 is 0 Å². The Bertz CT molecular complexity index is 875. The SMILES string of the molecule is NCc1oc(-c2cccnc2)nc1S(=O)(=O)c1ccccc1. The molecule has 0 bridgehead atoms. The Morgan fingerprint density at radius 1 is 1.09 bits per heavy atom. The van der Waals surface area contributed by atoms with Gasteiger partial charge in [-0.25, -0.2) is 8.42 Å². The molecule has 0 unspecified atom stereocenters. The Labute approximate surface area is 127 Å². The Balaban J connectivity index is 2.14. The lowest BCUT2D eigenvalue weighted by atomic mass is 10.3. The Kier molecular flexibility index (Phi) is 3.74. The number of oxazole rings is 1. The number of sulfone groups is 1. The van der Waals surface area contributed by atoms with E-state index in [9.17, 15) is 8.42 Å². The topological polar surface area (TPSA) is 99.1 Å². The van der Waals surface area contributed by atoms with Crippen molar-refractivity contribution in [1.29, 1.82) is 0 Å². The summed E-state index contributed by atoms with van der Waals surface area (Å²) >= 11 is 0. The highest BCUT2D eigenvalue weighted by Crippen LogP contribution is 2.28. The van der Waals surface area contributed by atoms with Crippen molar-refractivity contribution in [1.82, 2.24) is 9.97 Å². The van der Waals surface area contributed by atoms with Crippen LogP contribution < -0.4 is 5.73 Å². The van der Waals surface area contributed by atoms with Crippen molar-refractivity contribution < 1.29 is 12.8 Å². The molecule has 2 aromatic heterocycles. The van der Waals surface area contributed by atoms with Crippen molar-refractivity contribution in [3.63, 3.8) is 0 Å². The normalized spacial score (nSPS) is 11.5. The smallest absolute Gasteiger partial charge is 0.229 e. The molecule has 3 aromatic rings. The first-order valence-corrected chi connectivity index (χ1v) is 8.01. The van der Waals surface area contributed by atoms with E-state index in [0.717, 1.165) is 0 Å². The van der Waals surface area contributed by atoms with Gasteiger partial charge in [0.1, 0.15) is 0 Å². The summed E-state index contributed by atoms with van der Waals surface area (Å²) in [5.74, 6) is 0.311. The molecule has 112 valence electrons. The highest BCUT2D eigenvalue weighted by atomic mass is 32.2. The van der Waals surface area contributed by atoms with Crippen LogP contribution in [0.3, 0.4) is 0 Å². The molecule has 0 radical (unpaired) electrons. The summed E-state index contributed by atoms with van der Waals surface area (Å²) < 4.78 is 30.8. The van der Waals surface area contributed by atoms with Gasteiger partial charge in [-0.1, -0.05) is 18.2 Å². The Morgan fingerprint density at radius 3 is 2.50 bits per heavy atom. The minimum Gasteiger partial charge on any atom is -0.438 e. The quantitative estimate of drug-likeness (QED) is 0.791. The molecule has 22 heavy (non-hydrogen) atoms. The van der Waals surface area contributed by atoms with Gasteiger partial charge in [0, 0.05) is 12.4 Å². The van der Waals surface area contributed by atoms with E-state index >= 15 is 0 Å². The number of benzene rings is 1. The fourth-order valence-electron chi connectivity index (χ4n) is 2.00. The average Bonchev–Trinajstić information content (AvgIpc) is 3.02. The lowest BCUT2D eigenvalue weighted by Gasteiger charge is -2.01. The zero-order valence-corrected chi connectivity index (χ0v) is 12.3. The summed E-state index contributed by atoms with van der Waals surface area (Å²) in [4.78, 5) is 8.24. The van der Waals surface area contributed by atoms with Crippen LogP contribution in [-0.2, 0) is 16.4 Å². The van der Waals surface area contributed by atoms with Crippen molar-refractivity contribution in [2.75, 3.05) is 0 Å². The number of nitrogens with zero attached hydrogens (tertiary/aromatic N) is 2. The summed E-state index contributed by atoms with van der Waals surface area (Å²) in [6.07, 6.45) is 3.16. The number of aromatic nitrogens is 2. The van der Waals surface area contributed by atoms with Crippen LogP contribution in [0.15, 0.2) is 69.2 Å². The van der Waals surface area contributed by atoms with E-state index in [4.69, 9.17) is 10.2 Å². The third-order valence-electron chi connectivity index (χ3n) is 3.06. The van der Waals surface area contributed by atoms with Gasteiger partial charge in [-0.2, -0.15) is 4.98 Å². The standard InChI is InChI=1S/C15H13N3O3S/c16-9-13-15(22(19,20)12-6-2-1-3-7-12)18-14(21-13)11-5-4-8-17-10-11/h1-8,10H,9,16H2. The molecule has 0 spiro atoms. The Morgan fingerprint density at radius 2 is 1.86 bits per heavy atom. The molecule has 0 amide bonds. The molecule has 0 saturated heterocycles. The van der Waals surface area contributed by atoms with Crippen molar-refractivity contribution in [3.8, 4) is 11.5 Å². The molecule has 0 atom stereocenters. The first-order valence-electron chi connectivity index (χ1n) is 6.53. The highest BCUT2D eigenvalue weighted by Gasteiger charge is 2.27. The van der Waals surface area contributed by atoms with Gasteiger partial charge in [-0.3, -0.25) is 4.98 Å². The maximum absolute atomic E-state index is 12.7. The largest absolute Gasteiger partial charge is 0.438 e. The first kappa shape index (κ1) is 14.4. The van der Waals surface area contributed by atoms with E-state index in [-0.39, 0.29) is 28.1 Å². The first-order chi connectivity index (χ1) is 10.6. The predicted molar refractivity (Wildman–Crippen MR) is 79.5 cm³/mol. The van der Waals surface area contributed by atoms with Crippen LogP contribution in [-0.4, -0.2) is 18.4 Å². The zero-order chi connectivity index (χ0) is 15.6. The van der Waals surface area contributed by atoms with Crippen molar-refractivity contribution in [3.05, 3.63) is 60.6 Å². The molecule has 0 aliphatic carbocycles. The van der Waals surface area contributed by atoms with Gasteiger partial charge in [-0.15, -0.1) is 0 Å². The van der Waals surface area contributed by atoms with E-state index in [1.54, 1.807) is 42.7 Å². The molecule has 6 nitrogen and oxygen atoms in total. The predicted octanol–water partition coefficient (Wildman–Crippen LogP) is 2.03. The molecular formula is C15H13N3O3S. The molecule has 0 fully saturated rings. The van der Waals surface area contributed by atoms with Crippen LogP contribution in [0.5, 0.6) is 0 Å². The van der Waals surface area contributed by atoms with E-state index < -0.39 is 9.84 Å². The monoisotopic (exact) mass is 315 g/mol. The lowest BCUT2D eigenvalue weighted by Crippen LogP contribution is -2.07. The molecule has 7 heteroatoms. The van der Waals surface area contributed by atoms with E-state index in [1.165, 1.54) is 12.1 Å². The summed E-state index contributed by atoms with van der Waals surface area (Å²) in [5.41, 5.74) is 6.19. The maximum Gasteiger partial charge on any atom is 0.229 e. The van der Waals surface area contributed by atoms with Crippen LogP contribution in [0, 0.1) is 0 Å². The molecule has 2 N–H and O–H groups in total. The van der Waals surface area contributed by atoms with Crippen molar-refractivity contribution >= 4 is 9.84 Å². The molecule has 0 aliphatic heterocycles.